The van der Waals surface area contributed by atoms with Crippen LogP contribution in [0, 0.1) is 0 Å². The third-order valence-corrected chi connectivity index (χ3v) is 6.93. The number of benzene rings is 3. The van der Waals surface area contributed by atoms with Gasteiger partial charge in [0.1, 0.15) is 0 Å². The minimum atomic E-state index is 0.0218. The van der Waals surface area contributed by atoms with Crippen LogP contribution in [0.25, 0.3) is 23.5 Å². The summed E-state index contributed by atoms with van der Waals surface area (Å²) in [7, 11) is 3.21. The van der Waals surface area contributed by atoms with Gasteiger partial charge < -0.3 is 18.9 Å². The molecule has 7 nitrogen and oxygen atoms in total. The molecule has 182 valence electrons. The van der Waals surface area contributed by atoms with E-state index in [1.165, 1.54) is 0 Å². The Bertz CT molecular complexity index is 1450. The van der Waals surface area contributed by atoms with E-state index in [1.54, 1.807) is 32.1 Å². The molecule has 0 saturated heterocycles. The highest BCUT2D eigenvalue weighted by molar-refractivity contribution is 7.99. The van der Waals surface area contributed by atoms with Crippen molar-refractivity contribution in [3.8, 4) is 22.9 Å². The molecule has 8 heteroatoms. The van der Waals surface area contributed by atoms with Gasteiger partial charge in [-0.05, 0) is 60.5 Å². The molecule has 4 aromatic rings. The summed E-state index contributed by atoms with van der Waals surface area (Å²) < 4.78 is 16.1. The zero-order chi connectivity index (χ0) is 25.1. The van der Waals surface area contributed by atoms with Crippen molar-refractivity contribution < 1.29 is 18.8 Å². The molecule has 0 saturated carbocycles. The molecule has 0 radical (unpaired) electrons. The van der Waals surface area contributed by atoms with Gasteiger partial charge in [0.25, 0.3) is 11.8 Å². The molecule has 5 rings (SSSR count). The molecule has 0 N–H and O–H groups in total. The van der Waals surface area contributed by atoms with Crippen LogP contribution in [0.5, 0.6) is 11.5 Å². The third kappa shape index (κ3) is 4.59. The van der Waals surface area contributed by atoms with Crippen molar-refractivity contribution in [2.45, 2.75) is 23.1 Å². The van der Waals surface area contributed by atoms with Gasteiger partial charge in [-0.3, -0.25) is 4.79 Å². The van der Waals surface area contributed by atoms with Gasteiger partial charge in [0.2, 0.25) is 5.82 Å². The van der Waals surface area contributed by atoms with Crippen molar-refractivity contribution >= 4 is 35.5 Å². The number of hydrogen-bond acceptors (Lipinski definition) is 7. The second-order valence-electron chi connectivity index (χ2n) is 8.14. The minimum absolute atomic E-state index is 0.0218. The first-order chi connectivity index (χ1) is 17.6. The Morgan fingerprint density at radius 1 is 0.972 bits per heavy atom. The molecule has 0 fully saturated rings. The van der Waals surface area contributed by atoms with E-state index in [4.69, 9.17) is 14.0 Å². The first-order valence-electron chi connectivity index (χ1n) is 11.6. The number of methoxy groups -OCH3 is 2. The molecule has 1 aliphatic heterocycles. The molecular formula is C28H25N3O4S. The van der Waals surface area contributed by atoms with Gasteiger partial charge in [0.05, 0.1) is 25.5 Å². The number of amides is 1. The molecule has 3 aromatic carbocycles. The molecule has 36 heavy (non-hydrogen) atoms. The second-order valence-corrected chi connectivity index (χ2v) is 9.23. The lowest BCUT2D eigenvalue weighted by Gasteiger charge is -2.22. The topological polar surface area (TPSA) is 77.7 Å². The van der Waals surface area contributed by atoms with E-state index in [-0.39, 0.29) is 5.91 Å². The largest absolute Gasteiger partial charge is 0.493 e. The number of fused-ring (bicyclic) bond motifs is 2. The number of ether oxygens (including phenoxy) is 2. The van der Waals surface area contributed by atoms with Gasteiger partial charge in [0, 0.05) is 28.0 Å². The monoisotopic (exact) mass is 499 g/mol. The number of carbonyl (C=O) groups is 1. The second kappa shape index (κ2) is 10.3. The Balaban J connectivity index is 1.44. The van der Waals surface area contributed by atoms with Crippen LogP contribution in [-0.4, -0.2) is 36.8 Å². The van der Waals surface area contributed by atoms with E-state index in [1.807, 2.05) is 71.6 Å². The SMILES string of the molecule is CCCN1C(=O)c2ccccc2Sc2cc(-c3noc(/C=C/c4ccc(OC)c(OC)c4)n3)ccc21. The van der Waals surface area contributed by atoms with Crippen LogP contribution in [0.4, 0.5) is 5.69 Å². The standard InChI is InChI=1S/C28H25N3O4S/c1-4-15-31-21-12-11-19(17-25(21)36-24-8-6-5-7-20(24)28(31)32)27-29-26(35-30-27)14-10-18-9-13-22(33-2)23(16-18)34-3/h5-14,16-17H,4,15H2,1-3H3/b14-10+. The summed E-state index contributed by atoms with van der Waals surface area (Å²) in [5.74, 6) is 2.20. The van der Waals surface area contributed by atoms with Crippen LogP contribution in [0.3, 0.4) is 0 Å². The summed E-state index contributed by atoms with van der Waals surface area (Å²) in [4.78, 5) is 21.6. The molecule has 1 aliphatic rings. The van der Waals surface area contributed by atoms with E-state index in [0.717, 1.165) is 38.6 Å². The molecule has 1 aromatic heterocycles. The van der Waals surface area contributed by atoms with Crippen LogP contribution in [0.2, 0.25) is 0 Å². The van der Waals surface area contributed by atoms with Crippen molar-refractivity contribution in [3.63, 3.8) is 0 Å². The summed E-state index contributed by atoms with van der Waals surface area (Å²) in [6.45, 7) is 2.72. The number of hydrogen-bond donors (Lipinski definition) is 0. The molecule has 0 bridgehead atoms. The fraction of sp³-hybridized carbons (Fsp3) is 0.179. The van der Waals surface area contributed by atoms with Crippen LogP contribution in [0.15, 0.2) is 75.0 Å². The van der Waals surface area contributed by atoms with Crippen molar-refractivity contribution in [2.24, 2.45) is 0 Å². The maximum Gasteiger partial charge on any atom is 0.259 e. The summed E-state index contributed by atoms with van der Waals surface area (Å²) in [6, 6.07) is 19.3. The molecule has 0 aliphatic carbocycles. The van der Waals surface area contributed by atoms with E-state index in [0.29, 0.717) is 29.8 Å². The predicted molar refractivity (Wildman–Crippen MR) is 141 cm³/mol. The summed E-state index contributed by atoms with van der Waals surface area (Å²) in [5, 5.41) is 4.17. The summed E-state index contributed by atoms with van der Waals surface area (Å²) in [5.41, 5.74) is 3.34. The zero-order valence-electron chi connectivity index (χ0n) is 20.2. The van der Waals surface area contributed by atoms with Crippen LogP contribution in [0.1, 0.15) is 35.2 Å². The molecule has 0 unspecified atom stereocenters. The van der Waals surface area contributed by atoms with Crippen molar-refractivity contribution in [2.75, 3.05) is 25.7 Å². The Morgan fingerprint density at radius 3 is 2.61 bits per heavy atom. The van der Waals surface area contributed by atoms with Gasteiger partial charge >= 0.3 is 0 Å². The van der Waals surface area contributed by atoms with E-state index >= 15 is 0 Å². The number of aromatic nitrogens is 2. The molecule has 0 atom stereocenters. The normalized spacial score (nSPS) is 12.9. The molecule has 0 spiro atoms. The smallest absolute Gasteiger partial charge is 0.259 e. The first kappa shape index (κ1) is 23.7. The lowest BCUT2D eigenvalue weighted by Crippen LogP contribution is -2.31. The number of anilines is 1. The molecule has 1 amide bonds. The molecule has 2 heterocycles. The summed E-state index contributed by atoms with van der Waals surface area (Å²) in [6.07, 6.45) is 4.49. The average Bonchev–Trinajstić information content (AvgIpc) is 3.35. The third-order valence-electron chi connectivity index (χ3n) is 5.81. The van der Waals surface area contributed by atoms with E-state index in [9.17, 15) is 4.79 Å². The molecular weight excluding hydrogens is 474 g/mol. The lowest BCUT2D eigenvalue weighted by molar-refractivity contribution is 0.0984. The highest BCUT2D eigenvalue weighted by Gasteiger charge is 2.27. The number of carbonyl (C=O) groups excluding carboxylic acids is 1. The van der Waals surface area contributed by atoms with Crippen LogP contribution >= 0.6 is 11.8 Å². The van der Waals surface area contributed by atoms with Crippen LogP contribution < -0.4 is 14.4 Å². The Hall–Kier alpha value is -4.04. The highest BCUT2D eigenvalue weighted by atomic mass is 32.2. The highest BCUT2D eigenvalue weighted by Crippen LogP contribution is 2.43. The Kier molecular flexibility index (Phi) is 6.77. The summed E-state index contributed by atoms with van der Waals surface area (Å²) >= 11 is 1.58. The quantitative estimate of drug-likeness (QED) is 0.289. The average molecular weight is 500 g/mol. The minimum Gasteiger partial charge on any atom is -0.493 e. The van der Waals surface area contributed by atoms with Gasteiger partial charge in [-0.15, -0.1) is 0 Å². The van der Waals surface area contributed by atoms with Gasteiger partial charge in [-0.1, -0.05) is 42.0 Å². The predicted octanol–water partition coefficient (Wildman–Crippen LogP) is 6.45. The van der Waals surface area contributed by atoms with Gasteiger partial charge in [0.15, 0.2) is 11.5 Å². The maximum atomic E-state index is 13.3. The van der Waals surface area contributed by atoms with E-state index in [2.05, 4.69) is 17.1 Å². The van der Waals surface area contributed by atoms with Crippen molar-refractivity contribution in [1.29, 1.82) is 0 Å². The fourth-order valence-corrected chi connectivity index (χ4v) is 5.17. The van der Waals surface area contributed by atoms with Crippen LogP contribution in [-0.2, 0) is 0 Å². The van der Waals surface area contributed by atoms with Gasteiger partial charge in [-0.25, -0.2) is 0 Å². The van der Waals surface area contributed by atoms with E-state index < -0.39 is 0 Å². The van der Waals surface area contributed by atoms with Crippen molar-refractivity contribution in [1.82, 2.24) is 10.1 Å². The first-order valence-corrected chi connectivity index (χ1v) is 12.4. The number of rotatable bonds is 7. The number of nitrogens with zero attached hydrogens (tertiary/aromatic N) is 3. The van der Waals surface area contributed by atoms with Crippen molar-refractivity contribution in [3.05, 3.63) is 77.7 Å². The zero-order valence-corrected chi connectivity index (χ0v) is 21.0. The lowest BCUT2D eigenvalue weighted by atomic mass is 10.1. The maximum absolute atomic E-state index is 13.3. The fourth-order valence-electron chi connectivity index (χ4n) is 4.05. The Morgan fingerprint density at radius 2 is 1.81 bits per heavy atom. The van der Waals surface area contributed by atoms with Gasteiger partial charge in [-0.2, -0.15) is 4.98 Å². The Labute approximate surface area is 213 Å².